The van der Waals surface area contributed by atoms with Gasteiger partial charge in [-0.25, -0.2) is 0 Å². The average Bonchev–Trinajstić information content (AvgIpc) is 3.32. The minimum absolute atomic E-state index is 0.00401. The van der Waals surface area contributed by atoms with Crippen molar-refractivity contribution in [1.82, 2.24) is 0 Å². The maximum Gasteiger partial charge on any atom is 0.416 e. The molecule has 1 aliphatic heterocycles. The maximum absolute atomic E-state index is 13.0. The number of hydrogen-bond acceptors (Lipinski definition) is 6. The molecule has 0 unspecified atom stereocenters. The van der Waals surface area contributed by atoms with Gasteiger partial charge in [-0.1, -0.05) is 41.6 Å². The second-order valence-corrected chi connectivity index (χ2v) is 8.77. The van der Waals surface area contributed by atoms with Crippen molar-refractivity contribution in [2.75, 3.05) is 4.90 Å². The van der Waals surface area contributed by atoms with Crippen LogP contribution in [-0.2, 0) is 11.0 Å². The molecule has 6 nitrogen and oxygen atoms in total. The number of anilines is 1. The predicted octanol–water partition coefficient (Wildman–Crippen LogP) is 6.93. The second-order valence-electron chi connectivity index (χ2n) is 6.69. The number of nitro benzene ring substituents is 1. The zero-order valence-corrected chi connectivity index (χ0v) is 18.5. The van der Waals surface area contributed by atoms with Crippen molar-refractivity contribution in [3.63, 3.8) is 0 Å². The monoisotopic (exact) mass is 510 g/mol. The largest absolute Gasteiger partial charge is 0.457 e. The minimum Gasteiger partial charge on any atom is -0.457 e. The quantitative estimate of drug-likeness (QED) is 0.164. The lowest BCUT2D eigenvalue weighted by atomic mass is 10.1. The van der Waals surface area contributed by atoms with Crippen LogP contribution in [-0.4, -0.2) is 15.2 Å². The van der Waals surface area contributed by atoms with Gasteiger partial charge < -0.3 is 4.42 Å². The van der Waals surface area contributed by atoms with Crippen molar-refractivity contribution in [1.29, 1.82) is 0 Å². The van der Waals surface area contributed by atoms with Crippen LogP contribution in [0.4, 0.5) is 24.5 Å². The number of thiocarbonyl (C=S) groups is 1. The van der Waals surface area contributed by atoms with Crippen LogP contribution in [0.25, 0.3) is 17.4 Å². The van der Waals surface area contributed by atoms with E-state index in [1.165, 1.54) is 30.3 Å². The van der Waals surface area contributed by atoms with Gasteiger partial charge in [-0.2, -0.15) is 13.2 Å². The van der Waals surface area contributed by atoms with Gasteiger partial charge >= 0.3 is 6.18 Å². The first-order chi connectivity index (χ1) is 15.5. The molecule has 2 aromatic carbocycles. The fourth-order valence-electron chi connectivity index (χ4n) is 3.03. The normalized spacial score (nSPS) is 15.5. The first-order valence-electron chi connectivity index (χ1n) is 9.04. The van der Waals surface area contributed by atoms with Crippen LogP contribution in [0.1, 0.15) is 11.3 Å². The number of nitro groups is 1. The second kappa shape index (κ2) is 8.65. The van der Waals surface area contributed by atoms with Crippen molar-refractivity contribution in [2.45, 2.75) is 6.18 Å². The van der Waals surface area contributed by atoms with Crippen LogP contribution in [0.15, 0.2) is 63.9 Å². The minimum atomic E-state index is -4.56. The van der Waals surface area contributed by atoms with Gasteiger partial charge in [0.1, 0.15) is 16.5 Å². The molecule has 0 spiro atoms. The van der Waals surface area contributed by atoms with E-state index < -0.39 is 22.6 Å². The Balaban J connectivity index is 1.61. The summed E-state index contributed by atoms with van der Waals surface area (Å²) < 4.78 is 44.9. The lowest BCUT2D eigenvalue weighted by molar-refractivity contribution is -0.384. The van der Waals surface area contributed by atoms with Gasteiger partial charge in [-0.3, -0.25) is 19.8 Å². The number of nitrogens with zero attached hydrogens (tertiary/aromatic N) is 2. The van der Waals surface area contributed by atoms with Crippen molar-refractivity contribution >= 4 is 63.3 Å². The van der Waals surface area contributed by atoms with Crippen LogP contribution < -0.4 is 4.90 Å². The Morgan fingerprint density at radius 2 is 1.91 bits per heavy atom. The molecule has 0 atom stereocenters. The summed E-state index contributed by atoms with van der Waals surface area (Å²) in [6.45, 7) is 0. The highest BCUT2D eigenvalue weighted by atomic mass is 35.5. The first-order valence-corrected chi connectivity index (χ1v) is 10.6. The predicted molar refractivity (Wildman–Crippen MR) is 123 cm³/mol. The molecular weight excluding hydrogens is 501 g/mol. The summed E-state index contributed by atoms with van der Waals surface area (Å²) in [4.78, 5) is 24.5. The number of rotatable bonds is 4. The van der Waals surface area contributed by atoms with E-state index in [1.54, 1.807) is 18.2 Å². The molecule has 168 valence electrons. The van der Waals surface area contributed by atoms with Gasteiger partial charge in [-0.15, -0.1) is 0 Å². The lowest BCUT2D eigenvalue weighted by Crippen LogP contribution is -2.27. The SMILES string of the molecule is O=C1/C(=C\c2ccc(-c3ccc(Cl)c([N+](=O)[O-])c3)o2)SC(=S)N1c1cccc(C(F)(F)F)c1. The number of carbonyl (C=O) groups excluding carboxylic acids is 1. The molecule has 1 fully saturated rings. The number of halogens is 4. The topological polar surface area (TPSA) is 76.6 Å². The van der Waals surface area contributed by atoms with E-state index in [2.05, 4.69) is 0 Å². The summed E-state index contributed by atoms with van der Waals surface area (Å²) in [6.07, 6.45) is -3.16. The van der Waals surface area contributed by atoms with Crippen LogP contribution in [0.5, 0.6) is 0 Å². The Hall–Kier alpha value is -3.15. The number of alkyl halides is 3. The Morgan fingerprint density at radius 3 is 2.61 bits per heavy atom. The first kappa shape index (κ1) is 23.0. The van der Waals surface area contributed by atoms with Crippen LogP contribution >= 0.6 is 35.6 Å². The number of thioether (sulfide) groups is 1. The lowest BCUT2D eigenvalue weighted by Gasteiger charge is -2.16. The molecule has 0 bridgehead atoms. The molecule has 1 aromatic heterocycles. The molecule has 1 saturated heterocycles. The third-order valence-corrected chi connectivity index (χ3v) is 6.17. The Kier molecular flexibility index (Phi) is 6.04. The molecule has 3 aromatic rings. The third kappa shape index (κ3) is 4.65. The summed E-state index contributed by atoms with van der Waals surface area (Å²) >= 11 is 11.9. The fourth-order valence-corrected chi connectivity index (χ4v) is 4.50. The smallest absolute Gasteiger partial charge is 0.416 e. The molecule has 2 heterocycles. The van der Waals surface area contributed by atoms with Crippen molar-refractivity contribution < 1.29 is 27.3 Å². The molecule has 0 radical (unpaired) electrons. The highest BCUT2D eigenvalue weighted by Gasteiger charge is 2.36. The number of carbonyl (C=O) groups is 1. The highest BCUT2D eigenvalue weighted by molar-refractivity contribution is 8.27. The molecule has 4 rings (SSSR count). The molecule has 12 heteroatoms. The van der Waals surface area contributed by atoms with Gasteiger partial charge in [0.25, 0.3) is 11.6 Å². The van der Waals surface area contributed by atoms with Gasteiger partial charge in [0, 0.05) is 17.7 Å². The fraction of sp³-hybridized carbons (Fsp3) is 0.0476. The van der Waals surface area contributed by atoms with Crippen LogP contribution in [0.3, 0.4) is 0 Å². The number of amides is 1. The summed E-state index contributed by atoms with van der Waals surface area (Å²) in [5.41, 5.74) is -0.772. The van der Waals surface area contributed by atoms with E-state index in [0.717, 1.165) is 28.8 Å². The summed E-state index contributed by atoms with van der Waals surface area (Å²) in [5, 5.41) is 11.1. The Bertz CT molecular complexity index is 1340. The van der Waals surface area contributed by atoms with Gasteiger partial charge in [0.05, 0.1) is 21.1 Å². The molecule has 0 aliphatic carbocycles. The highest BCUT2D eigenvalue weighted by Crippen LogP contribution is 2.39. The molecule has 0 saturated carbocycles. The summed E-state index contributed by atoms with van der Waals surface area (Å²) in [6, 6.07) is 11.6. The van der Waals surface area contributed by atoms with E-state index >= 15 is 0 Å². The molecule has 33 heavy (non-hydrogen) atoms. The van der Waals surface area contributed by atoms with E-state index in [0.29, 0.717) is 11.3 Å². The molecule has 0 N–H and O–H groups in total. The number of hydrogen-bond donors (Lipinski definition) is 0. The molecule has 1 aliphatic rings. The van der Waals surface area contributed by atoms with E-state index in [-0.39, 0.29) is 31.4 Å². The third-order valence-electron chi connectivity index (χ3n) is 4.55. The zero-order valence-electron chi connectivity index (χ0n) is 16.1. The summed E-state index contributed by atoms with van der Waals surface area (Å²) in [7, 11) is 0. The Labute approximate surface area is 198 Å². The molecular formula is C21H10ClF3N2O4S2. The van der Waals surface area contributed by atoms with Crippen LogP contribution in [0, 0.1) is 10.1 Å². The maximum atomic E-state index is 13.0. The van der Waals surface area contributed by atoms with Crippen LogP contribution in [0.2, 0.25) is 5.02 Å². The van der Waals surface area contributed by atoms with E-state index in [4.69, 9.17) is 28.2 Å². The van der Waals surface area contributed by atoms with Gasteiger partial charge in [-0.05, 0) is 42.5 Å². The van der Waals surface area contributed by atoms with E-state index in [9.17, 15) is 28.1 Å². The van der Waals surface area contributed by atoms with Crippen molar-refractivity contribution in [3.8, 4) is 11.3 Å². The van der Waals surface area contributed by atoms with Gasteiger partial charge in [0.2, 0.25) is 0 Å². The standard InChI is InChI=1S/C21H10ClF3N2O4S2/c22-15-6-4-11(8-16(15)27(29)30)17-7-5-14(31-17)10-18-19(28)26(20(32)33-18)13-3-1-2-12(9-13)21(23,24)25/h1-10H/b18-10+. The average molecular weight is 511 g/mol. The molecule has 1 amide bonds. The van der Waals surface area contributed by atoms with E-state index in [1.807, 2.05) is 0 Å². The number of benzene rings is 2. The van der Waals surface area contributed by atoms with Crippen molar-refractivity contribution in [2.24, 2.45) is 0 Å². The number of furan rings is 1. The zero-order chi connectivity index (χ0) is 23.9. The summed E-state index contributed by atoms with van der Waals surface area (Å²) in [5.74, 6) is -0.0362. The van der Waals surface area contributed by atoms with Crippen molar-refractivity contribution in [3.05, 3.63) is 86.0 Å². The van der Waals surface area contributed by atoms with Gasteiger partial charge in [0.15, 0.2) is 4.32 Å². The Morgan fingerprint density at radius 1 is 1.15 bits per heavy atom.